The Balaban J connectivity index is 2.04. The van der Waals surface area contributed by atoms with Crippen LogP contribution in [0.15, 0.2) is 27.8 Å². The number of piperidine rings is 1. The molecular weight excluding hydrogens is 326 g/mol. The molecule has 8 heteroatoms. The highest BCUT2D eigenvalue weighted by atomic mass is 16.4. The Morgan fingerprint density at radius 3 is 2.72 bits per heavy atom. The first-order valence-electron chi connectivity index (χ1n) is 8.24. The van der Waals surface area contributed by atoms with Crippen molar-refractivity contribution in [1.82, 2.24) is 14.5 Å². The summed E-state index contributed by atoms with van der Waals surface area (Å²) in [4.78, 5) is 52.3. The Hall–Kier alpha value is -2.90. The number of carboxylic acid groups (broad SMARTS) is 1. The third-order valence-corrected chi connectivity index (χ3v) is 4.59. The first-order valence-corrected chi connectivity index (χ1v) is 8.24. The number of rotatable bonds is 3. The second-order valence-corrected chi connectivity index (χ2v) is 6.09. The van der Waals surface area contributed by atoms with E-state index >= 15 is 0 Å². The fraction of sp³-hybridized carbons (Fsp3) is 0.412. The molecular formula is C17H19N3O5. The summed E-state index contributed by atoms with van der Waals surface area (Å²) < 4.78 is 1.08. The molecule has 1 amide bonds. The van der Waals surface area contributed by atoms with Crippen molar-refractivity contribution in [2.24, 2.45) is 0 Å². The fourth-order valence-corrected chi connectivity index (χ4v) is 3.27. The summed E-state index contributed by atoms with van der Waals surface area (Å²) >= 11 is 0. The van der Waals surface area contributed by atoms with Gasteiger partial charge in [-0.05, 0) is 44.4 Å². The van der Waals surface area contributed by atoms with Gasteiger partial charge in [-0.2, -0.15) is 0 Å². The van der Waals surface area contributed by atoms with Crippen LogP contribution < -0.4 is 11.2 Å². The summed E-state index contributed by atoms with van der Waals surface area (Å²) in [5, 5.41) is 9.63. The number of nitrogens with one attached hydrogen (secondary N) is 1. The Labute approximate surface area is 142 Å². The molecule has 2 aromatic rings. The average Bonchev–Trinajstić information content (AvgIpc) is 2.61. The van der Waals surface area contributed by atoms with Crippen LogP contribution in [0.3, 0.4) is 0 Å². The molecule has 1 saturated heterocycles. The minimum atomic E-state index is -1.02. The highest BCUT2D eigenvalue weighted by Crippen LogP contribution is 2.21. The van der Waals surface area contributed by atoms with Gasteiger partial charge in [-0.15, -0.1) is 0 Å². The Kier molecular flexibility index (Phi) is 4.43. The van der Waals surface area contributed by atoms with Crippen LogP contribution in [-0.4, -0.2) is 44.0 Å². The maximum atomic E-state index is 12.7. The molecule has 1 aliphatic rings. The van der Waals surface area contributed by atoms with Crippen molar-refractivity contribution >= 4 is 22.8 Å². The van der Waals surface area contributed by atoms with Gasteiger partial charge in [-0.3, -0.25) is 14.2 Å². The summed E-state index contributed by atoms with van der Waals surface area (Å²) in [6.07, 6.45) is 1.94. The van der Waals surface area contributed by atoms with Gasteiger partial charge in [0.15, 0.2) is 0 Å². The number of amides is 1. The normalized spacial score (nSPS) is 17.6. The lowest BCUT2D eigenvalue weighted by atomic mass is 10.0. The van der Waals surface area contributed by atoms with E-state index in [4.69, 9.17) is 0 Å². The Morgan fingerprint density at radius 1 is 1.28 bits per heavy atom. The largest absolute Gasteiger partial charge is 0.480 e. The van der Waals surface area contributed by atoms with Gasteiger partial charge in [0.25, 0.3) is 11.5 Å². The number of likely N-dealkylation sites (tertiary alicyclic amines) is 1. The van der Waals surface area contributed by atoms with Crippen molar-refractivity contribution in [3.63, 3.8) is 0 Å². The highest BCUT2D eigenvalue weighted by Gasteiger charge is 2.32. The predicted octanol–water partition coefficient (Wildman–Crippen LogP) is 0.789. The zero-order valence-electron chi connectivity index (χ0n) is 13.8. The van der Waals surface area contributed by atoms with Gasteiger partial charge in [0.1, 0.15) is 6.04 Å². The van der Waals surface area contributed by atoms with Crippen LogP contribution in [0, 0.1) is 0 Å². The SMILES string of the molecule is CCn1c(=O)[nH]c2cc(C(=O)N3CCCC[C@@H]3C(=O)O)ccc2c1=O. The quantitative estimate of drug-likeness (QED) is 0.854. The molecule has 0 unspecified atom stereocenters. The topological polar surface area (TPSA) is 112 Å². The molecule has 1 aliphatic heterocycles. The number of H-pyrrole nitrogens is 1. The number of aromatic amines is 1. The molecule has 2 heterocycles. The van der Waals surface area contributed by atoms with Gasteiger partial charge < -0.3 is 15.0 Å². The molecule has 132 valence electrons. The summed E-state index contributed by atoms with van der Waals surface area (Å²) in [6.45, 7) is 2.32. The van der Waals surface area contributed by atoms with E-state index in [1.807, 2.05) is 0 Å². The van der Waals surface area contributed by atoms with E-state index in [1.165, 1.54) is 23.1 Å². The van der Waals surface area contributed by atoms with Crippen molar-refractivity contribution < 1.29 is 14.7 Å². The highest BCUT2D eigenvalue weighted by molar-refractivity contribution is 5.99. The standard InChI is InChI=1S/C17H19N3O5/c1-2-19-15(22)11-7-6-10(9-12(11)18-17(19)25)14(21)20-8-4-3-5-13(20)16(23)24/h6-7,9,13H,2-5,8H2,1H3,(H,18,25)(H,23,24)/t13-/m1/s1. The van der Waals surface area contributed by atoms with Crippen molar-refractivity contribution in [3.05, 3.63) is 44.6 Å². The second-order valence-electron chi connectivity index (χ2n) is 6.09. The van der Waals surface area contributed by atoms with E-state index < -0.39 is 29.2 Å². The zero-order chi connectivity index (χ0) is 18.1. The monoisotopic (exact) mass is 345 g/mol. The number of benzene rings is 1. The number of hydrogen-bond donors (Lipinski definition) is 2. The molecule has 8 nitrogen and oxygen atoms in total. The van der Waals surface area contributed by atoms with Gasteiger partial charge in [0, 0.05) is 18.7 Å². The molecule has 0 aliphatic carbocycles. The third-order valence-electron chi connectivity index (χ3n) is 4.59. The number of aliphatic carboxylic acids is 1. The van der Waals surface area contributed by atoms with E-state index in [0.717, 1.165) is 17.4 Å². The third kappa shape index (κ3) is 2.95. The minimum Gasteiger partial charge on any atom is -0.480 e. The van der Waals surface area contributed by atoms with E-state index in [-0.39, 0.29) is 17.6 Å². The maximum absolute atomic E-state index is 12.7. The summed E-state index contributed by atoms with van der Waals surface area (Å²) in [5.41, 5.74) is -0.424. The van der Waals surface area contributed by atoms with E-state index in [9.17, 15) is 24.3 Å². The van der Waals surface area contributed by atoms with Gasteiger partial charge in [-0.1, -0.05) is 0 Å². The second kappa shape index (κ2) is 6.54. The first kappa shape index (κ1) is 16.9. The number of aromatic nitrogens is 2. The average molecular weight is 345 g/mol. The molecule has 2 N–H and O–H groups in total. The molecule has 3 rings (SSSR count). The minimum absolute atomic E-state index is 0.249. The van der Waals surface area contributed by atoms with Crippen LogP contribution in [0.1, 0.15) is 36.5 Å². The van der Waals surface area contributed by atoms with Crippen LogP contribution in [0.25, 0.3) is 10.9 Å². The van der Waals surface area contributed by atoms with Crippen LogP contribution >= 0.6 is 0 Å². The van der Waals surface area contributed by atoms with Crippen molar-refractivity contribution in [1.29, 1.82) is 0 Å². The molecule has 0 radical (unpaired) electrons. The lowest BCUT2D eigenvalue weighted by molar-refractivity contribution is -0.143. The number of carbonyl (C=O) groups is 2. The lowest BCUT2D eigenvalue weighted by Crippen LogP contribution is -2.48. The lowest BCUT2D eigenvalue weighted by Gasteiger charge is -2.33. The van der Waals surface area contributed by atoms with Crippen LogP contribution in [-0.2, 0) is 11.3 Å². The number of carboxylic acids is 1. The Bertz CT molecular complexity index is 959. The number of carbonyl (C=O) groups excluding carboxylic acids is 1. The van der Waals surface area contributed by atoms with Gasteiger partial charge in [0.05, 0.1) is 10.9 Å². The number of hydrogen-bond acceptors (Lipinski definition) is 4. The first-order chi connectivity index (χ1) is 11.9. The van der Waals surface area contributed by atoms with Gasteiger partial charge >= 0.3 is 11.7 Å². The van der Waals surface area contributed by atoms with Crippen molar-refractivity contribution in [3.8, 4) is 0 Å². The molecule has 1 aromatic heterocycles. The molecule has 1 aromatic carbocycles. The van der Waals surface area contributed by atoms with Crippen LogP contribution in [0.2, 0.25) is 0 Å². The summed E-state index contributed by atoms with van der Waals surface area (Å²) in [6, 6.07) is 3.59. The molecule has 25 heavy (non-hydrogen) atoms. The van der Waals surface area contributed by atoms with Crippen molar-refractivity contribution in [2.75, 3.05) is 6.54 Å². The van der Waals surface area contributed by atoms with E-state index in [1.54, 1.807) is 6.92 Å². The maximum Gasteiger partial charge on any atom is 0.328 e. The molecule has 1 atom stereocenters. The summed E-state index contributed by atoms with van der Waals surface area (Å²) in [7, 11) is 0. The van der Waals surface area contributed by atoms with Crippen molar-refractivity contribution in [2.45, 2.75) is 38.8 Å². The zero-order valence-corrected chi connectivity index (χ0v) is 13.8. The van der Waals surface area contributed by atoms with Gasteiger partial charge in [-0.25, -0.2) is 9.59 Å². The molecule has 0 saturated carbocycles. The number of fused-ring (bicyclic) bond motifs is 1. The van der Waals surface area contributed by atoms with E-state index in [0.29, 0.717) is 18.4 Å². The number of nitrogens with zero attached hydrogens (tertiary/aromatic N) is 2. The van der Waals surface area contributed by atoms with Gasteiger partial charge in [0.2, 0.25) is 0 Å². The smallest absolute Gasteiger partial charge is 0.328 e. The predicted molar refractivity (Wildman–Crippen MR) is 90.8 cm³/mol. The molecule has 0 spiro atoms. The van der Waals surface area contributed by atoms with Crippen LogP contribution in [0.5, 0.6) is 0 Å². The summed E-state index contributed by atoms with van der Waals surface area (Å²) in [5.74, 6) is -1.43. The molecule has 1 fully saturated rings. The fourth-order valence-electron chi connectivity index (χ4n) is 3.27. The Morgan fingerprint density at radius 2 is 2.04 bits per heavy atom. The molecule has 0 bridgehead atoms. The van der Waals surface area contributed by atoms with E-state index in [2.05, 4.69) is 4.98 Å². The van der Waals surface area contributed by atoms with Crippen LogP contribution in [0.4, 0.5) is 0 Å².